The first-order valence-corrected chi connectivity index (χ1v) is 9.15. The number of anilines is 1. The van der Waals surface area contributed by atoms with Crippen molar-refractivity contribution in [3.05, 3.63) is 40.9 Å². The molecule has 0 fully saturated rings. The number of nitrogens with one attached hydrogen (secondary N) is 1. The van der Waals surface area contributed by atoms with Gasteiger partial charge in [-0.15, -0.1) is 0 Å². The number of thiazole rings is 1. The van der Waals surface area contributed by atoms with E-state index in [4.69, 9.17) is 9.15 Å². The lowest BCUT2D eigenvalue weighted by Gasteiger charge is -2.03. The normalized spacial score (nSPS) is 12.0. The minimum atomic E-state index is -0.391. The maximum Gasteiger partial charge on any atom is 0.345 e. The van der Waals surface area contributed by atoms with Gasteiger partial charge in [0.1, 0.15) is 11.3 Å². The summed E-state index contributed by atoms with van der Waals surface area (Å²) >= 11 is 1.36. The first-order chi connectivity index (χ1) is 12.5. The predicted molar refractivity (Wildman–Crippen MR) is 106 cm³/mol. The summed E-state index contributed by atoms with van der Waals surface area (Å²) < 4.78 is 10.6. The lowest BCUT2D eigenvalue weighted by Crippen LogP contribution is -2.01. The molecule has 1 aromatic carbocycles. The Hall–Kier alpha value is -2.67. The van der Waals surface area contributed by atoms with Crippen LogP contribution in [0, 0.1) is 5.92 Å². The maximum atomic E-state index is 12.3. The van der Waals surface area contributed by atoms with Crippen molar-refractivity contribution < 1.29 is 9.15 Å². The molecule has 26 heavy (non-hydrogen) atoms. The van der Waals surface area contributed by atoms with Crippen LogP contribution < -0.4 is 15.8 Å². The standard InChI is InChI=1S/C19H21N3O3S/c1-11(2)7-12(3)21-22-19-20-10-17(26-19)15-9-13-8-14(24-4)5-6-16(13)25-18(15)23/h5-6,8-11H,7H2,1-4H3,(H,20,22)/b21-12+. The molecule has 0 aliphatic carbocycles. The number of hydrazone groups is 1. The molecule has 0 spiro atoms. The zero-order valence-electron chi connectivity index (χ0n) is 15.2. The molecule has 1 N–H and O–H groups in total. The van der Waals surface area contributed by atoms with E-state index in [9.17, 15) is 4.79 Å². The van der Waals surface area contributed by atoms with Crippen molar-refractivity contribution in [2.24, 2.45) is 11.0 Å². The Labute approximate surface area is 155 Å². The van der Waals surface area contributed by atoms with Crippen molar-refractivity contribution in [2.45, 2.75) is 27.2 Å². The lowest BCUT2D eigenvalue weighted by molar-refractivity contribution is 0.415. The Balaban J connectivity index is 1.88. The van der Waals surface area contributed by atoms with Gasteiger partial charge in [-0.25, -0.2) is 9.78 Å². The van der Waals surface area contributed by atoms with E-state index in [1.807, 2.05) is 13.0 Å². The number of methoxy groups -OCH3 is 1. The van der Waals surface area contributed by atoms with Gasteiger partial charge in [0.15, 0.2) is 0 Å². The first-order valence-electron chi connectivity index (χ1n) is 8.33. The van der Waals surface area contributed by atoms with Gasteiger partial charge in [-0.2, -0.15) is 5.10 Å². The first kappa shape index (κ1) is 18.1. The third kappa shape index (κ3) is 4.11. The molecule has 7 heteroatoms. The Bertz CT molecular complexity index is 1000. The highest BCUT2D eigenvalue weighted by Crippen LogP contribution is 2.30. The fraction of sp³-hybridized carbons (Fsp3) is 0.316. The minimum absolute atomic E-state index is 0.391. The number of aromatic nitrogens is 1. The third-order valence-corrected chi connectivity index (χ3v) is 4.69. The van der Waals surface area contributed by atoms with Crippen LogP contribution in [0.4, 0.5) is 5.13 Å². The zero-order chi connectivity index (χ0) is 18.7. The largest absolute Gasteiger partial charge is 0.497 e. The Kier molecular flexibility index (Phi) is 5.37. The molecule has 3 aromatic rings. The second kappa shape index (κ2) is 7.70. The molecule has 0 bridgehead atoms. The van der Waals surface area contributed by atoms with Gasteiger partial charge in [-0.1, -0.05) is 25.2 Å². The summed E-state index contributed by atoms with van der Waals surface area (Å²) in [5.74, 6) is 1.26. The van der Waals surface area contributed by atoms with Crippen molar-refractivity contribution in [1.29, 1.82) is 0 Å². The highest BCUT2D eigenvalue weighted by molar-refractivity contribution is 7.18. The highest BCUT2D eigenvalue weighted by atomic mass is 32.1. The molecule has 6 nitrogen and oxygen atoms in total. The molecule has 0 saturated carbocycles. The molecule has 2 aromatic heterocycles. The number of benzene rings is 1. The van der Waals surface area contributed by atoms with Crippen LogP contribution >= 0.6 is 11.3 Å². The van der Waals surface area contributed by atoms with Gasteiger partial charge < -0.3 is 9.15 Å². The summed E-state index contributed by atoms with van der Waals surface area (Å²) in [4.78, 5) is 17.3. The molecule has 0 amide bonds. The number of fused-ring (bicyclic) bond motifs is 1. The SMILES string of the molecule is COc1ccc2oc(=O)c(-c3cnc(N/N=C(\C)CC(C)C)s3)cc2c1. The lowest BCUT2D eigenvalue weighted by atomic mass is 10.1. The van der Waals surface area contributed by atoms with Gasteiger partial charge in [-0.05, 0) is 43.5 Å². The van der Waals surface area contributed by atoms with Gasteiger partial charge in [0, 0.05) is 17.3 Å². The minimum Gasteiger partial charge on any atom is -0.497 e. The Morgan fingerprint density at radius 3 is 2.92 bits per heavy atom. The summed E-state index contributed by atoms with van der Waals surface area (Å²) in [5.41, 5.74) is 4.57. The molecular formula is C19H21N3O3S. The number of nitrogens with zero attached hydrogens (tertiary/aromatic N) is 2. The molecular weight excluding hydrogens is 350 g/mol. The van der Waals surface area contributed by atoms with Crippen LogP contribution in [-0.4, -0.2) is 17.8 Å². The maximum absolute atomic E-state index is 12.3. The second-order valence-corrected chi connectivity index (χ2v) is 7.47. The van der Waals surface area contributed by atoms with Crippen LogP contribution in [0.15, 0.2) is 44.8 Å². The fourth-order valence-electron chi connectivity index (χ4n) is 2.63. The summed E-state index contributed by atoms with van der Waals surface area (Å²) in [6, 6.07) is 7.12. The van der Waals surface area contributed by atoms with Crippen LogP contribution in [0.25, 0.3) is 21.4 Å². The average molecular weight is 371 g/mol. The zero-order valence-corrected chi connectivity index (χ0v) is 16.0. The molecule has 0 aliphatic rings. The quantitative estimate of drug-likeness (QED) is 0.384. The summed E-state index contributed by atoms with van der Waals surface area (Å²) in [7, 11) is 1.60. The van der Waals surface area contributed by atoms with E-state index >= 15 is 0 Å². The van der Waals surface area contributed by atoms with Gasteiger partial charge in [0.2, 0.25) is 5.13 Å². The highest BCUT2D eigenvalue weighted by Gasteiger charge is 2.12. The van der Waals surface area contributed by atoms with E-state index in [0.29, 0.717) is 27.9 Å². The molecule has 3 rings (SSSR count). The molecule has 0 aliphatic heterocycles. The smallest absolute Gasteiger partial charge is 0.345 e. The number of hydrogen-bond acceptors (Lipinski definition) is 7. The van der Waals surface area contributed by atoms with Crippen molar-refractivity contribution in [3.8, 4) is 16.2 Å². The van der Waals surface area contributed by atoms with Crippen molar-refractivity contribution in [1.82, 2.24) is 4.98 Å². The van der Waals surface area contributed by atoms with Crippen LogP contribution in [0.1, 0.15) is 27.2 Å². The van der Waals surface area contributed by atoms with Gasteiger partial charge in [0.05, 0.1) is 17.6 Å². The van der Waals surface area contributed by atoms with E-state index in [0.717, 1.165) is 22.4 Å². The summed E-state index contributed by atoms with van der Waals surface area (Å²) in [6.45, 7) is 6.27. The molecule has 0 radical (unpaired) electrons. The topological polar surface area (TPSA) is 76.7 Å². The second-order valence-electron chi connectivity index (χ2n) is 6.44. The van der Waals surface area contributed by atoms with Gasteiger partial charge >= 0.3 is 5.63 Å². The number of rotatable bonds is 6. The van der Waals surface area contributed by atoms with Crippen molar-refractivity contribution >= 4 is 33.1 Å². The molecule has 2 heterocycles. The average Bonchev–Trinajstić information content (AvgIpc) is 3.07. The monoisotopic (exact) mass is 371 g/mol. The Morgan fingerprint density at radius 1 is 1.38 bits per heavy atom. The Morgan fingerprint density at radius 2 is 2.19 bits per heavy atom. The van der Waals surface area contributed by atoms with Crippen LogP contribution in [-0.2, 0) is 0 Å². The van der Waals surface area contributed by atoms with E-state index in [1.165, 1.54) is 11.3 Å². The van der Waals surface area contributed by atoms with Crippen LogP contribution in [0.2, 0.25) is 0 Å². The van der Waals surface area contributed by atoms with E-state index < -0.39 is 5.63 Å². The summed E-state index contributed by atoms with van der Waals surface area (Å²) in [5, 5.41) is 5.76. The van der Waals surface area contributed by atoms with Gasteiger partial charge in [-0.3, -0.25) is 5.43 Å². The van der Waals surface area contributed by atoms with Crippen LogP contribution in [0.5, 0.6) is 5.75 Å². The summed E-state index contributed by atoms with van der Waals surface area (Å²) in [6.07, 6.45) is 2.57. The van der Waals surface area contributed by atoms with Crippen LogP contribution in [0.3, 0.4) is 0 Å². The van der Waals surface area contributed by atoms with Gasteiger partial charge in [0.25, 0.3) is 0 Å². The van der Waals surface area contributed by atoms with E-state index in [2.05, 4.69) is 29.4 Å². The molecule has 0 saturated heterocycles. The number of ether oxygens (including phenoxy) is 1. The van der Waals surface area contributed by atoms with E-state index in [1.54, 1.807) is 31.5 Å². The molecule has 0 unspecified atom stereocenters. The fourth-order valence-corrected chi connectivity index (χ4v) is 3.39. The molecule has 0 atom stereocenters. The van der Waals surface area contributed by atoms with Crippen molar-refractivity contribution in [2.75, 3.05) is 12.5 Å². The number of hydrogen-bond donors (Lipinski definition) is 1. The van der Waals surface area contributed by atoms with E-state index in [-0.39, 0.29) is 0 Å². The van der Waals surface area contributed by atoms with Crippen molar-refractivity contribution in [3.63, 3.8) is 0 Å². The molecule has 136 valence electrons. The predicted octanol–water partition coefficient (Wildman–Crippen LogP) is 4.76. The third-order valence-electron chi connectivity index (χ3n) is 3.76.